The highest BCUT2D eigenvalue weighted by atomic mass is 16.3. The van der Waals surface area contributed by atoms with E-state index in [1.165, 1.54) is 11.1 Å². The summed E-state index contributed by atoms with van der Waals surface area (Å²) in [5, 5.41) is 4.52. The summed E-state index contributed by atoms with van der Waals surface area (Å²) < 4.78 is 9.10. The molecule has 5 nitrogen and oxygen atoms in total. The van der Waals surface area contributed by atoms with E-state index in [9.17, 15) is 0 Å². The minimum atomic E-state index is 0.606. The number of fused-ring (bicyclic) bond motifs is 6. The lowest BCUT2D eigenvalue weighted by molar-refractivity contribution is 0.670. The summed E-state index contributed by atoms with van der Waals surface area (Å²) in [7, 11) is 0. The first-order valence-electron chi connectivity index (χ1n) is 19.1. The van der Waals surface area contributed by atoms with Gasteiger partial charge >= 0.3 is 0 Å². The Kier molecular flexibility index (Phi) is 7.56. The van der Waals surface area contributed by atoms with Crippen molar-refractivity contribution < 1.29 is 4.42 Å². The highest BCUT2D eigenvalue weighted by Gasteiger charge is 2.21. The highest BCUT2D eigenvalue weighted by Crippen LogP contribution is 2.42. The Morgan fingerprint density at radius 3 is 1.88 bits per heavy atom. The van der Waals surface area contributed by atoms with Crippen LogP contribution < -0.4 is 0 Å². The van der Waals surface area contributed by atoms with Crippen LogP contribution in [-0.4, -0.2) is 19.5 Å². The van der Waals surface area contributed by atoms with Gasteiger partial charge in [0, 0.05) is 49.9 Å². The van der Waals surface area contributed by atoms with Crippen LogP contribution in [0.15, 0.2) is 186 Å². The minimum Gasteiger partial charge on any atom is -0.455 e. The van der Waals surface area contributed by atoms with Crippen molar-refractivity contribution >= 4 is 49.3 Å². The number of rotatable bonds is 6. The molecule has 264 valence electrons. The molecule has 0 radical (unpaired) electrons. The Morgan fingerprint density at radius 1 is 0.446 bits per heavy atom. The van der Waals surface area contributed by atoms with Gasteiger partial charge < -0.3 is 8.98 Å². The Hall–Kier alpha value is -7.37. The molecule has 0 spiro atoms. The molecule has 0 aliphatic heterocycles. The second-order valence-electron chi connectivity index (χ2n) is 14.3. The number of allylic oxidation sites excluding steroid dienone is 4. The third kappa shape index (κ3) is 5.36. The van der Waals surface area contributed by atoms with E-state index in [-0.39, 0.29) is 0 Å². The van der Waals surface area contributed by atoms with Gasteiger partial charge in [0.25, 0.3) is 0 Å². The smallest absolute Gasteiger partial charge is 0.166 e. The molecule has 56 heavy (non-hydrogen) atoms. The van der Waals surface area contributed by atoms with Crippen LogP contribution in [0, 0.1) is 0 Å². The van der Waals surface area contributed by atoms with Crippen LogP contribution in [0.3, 0.4) is 0 Å². The molecule has 0 unspecified atom stereocenters. The summed E-state index contributed by atoms with van der Waals surface area (Å²) in [6, 6.07) is 57.1. The Labute approximate surface area is 323 Å². The first-order valence-corrected chi connectivity index (χ1v) is 19.1. The van der Waals surface area contributed by atoms with Gasteiger partial charge in [-0.05, 0) is 53.8 Å². The molecule has 7 aromatic carbocycles. The number of hydrogen-bond donors (Lipinski definition) is 0. The van der Waals surface area contributed by atoms with Gasteiger partial charge in [0.1, 0.15) is 11.2 Å². The normalized spacial score (nSPS) is 12.9. The van der Waals surface area contributed by atoms with Crippen molar-refractivity contribution in [2.75, 3.05) is 0 Å². The van der Waals surface area contributed by atoms with Crippen LogP contribution in [0.2, 0.25) is 0 Å². The fourth-order valence-electron chi connectivity index (χ4n) is 8.20. The quantitative estimate of drug-likeness (QED) is 0.172. The maximum absolute atomic E-state index is 6.77. The topological polar surface area (TPSA) is 56.7 Å². The van der Waals surface area contributed by atoms with Crippen LogP contribution >= 0.6 is 0 Å². The summed E-state index contributed by atoms with van der Waals surface area (Å²) in [6.07, 6.45) is 8.90. The molecule has 5 heteroatoms. The van der Waals surface area contributed by atoms with E-state index >= 15 is 0 Å². The standard InChI is InChI=1S/C51H34N4O/c1-4-15-33(16-5-1)34-27-29-37(30-28-34)50-52-49(36-19-8-3-9-20-36)53-51(54-50)41-22-11-13-26-45(41)55-44-25-12-10-21-39(44)42-31-43-40-24-14-23-38(35-17-6-2-7-18-35)48(40)56-47(43)32-46(42)55/h2-4,6-32H,1,5H2. The number of aromatic nitrogens is 4. The number of para-hydroxylation sites is 3. The molecule has 1 aliphatic carbocycles. The van der Waals surface area contributed by atoms with E-state index in [4.69, 9.17) is 19.4 Å². The molecule has 3 aromatic heterocycles. The van der Waals surface area contributed by atoms with E-state index in [1.807, 2.05) is 24.3 Å². The average molecular weight is 719 g/mol. The zero-order valence-electron chi connectivity index (χ0n) is 30.4. The van der Waals surface area contributed by atoms with E-state index in [1.54, 1.807) is 0 Å². The maximum Gasteiger partial charge on any atom is 0.166 e. The maximum atomic E-state index is 6.77. The number of hydrogen-bond acceptors (Lipinski definition) is 4. The molecule has 0 amide bonds. The molecule has 10 aromatic rings. The van der Waals surface area contributed by atoms with Gasteiger partial charge in [-0.3, -0.25) is 0 Å². The van der Waals surface area contributed by atoms with Crippen molar-refractivity contribution in [3.8, 4) is 51.0 Å². The van der Waals surface area contributed by atoms with Crippen LogP contribution in [0.5, 0.6) is 0 Å². The van der Waals surface area contributed by atoms with E-state index in [0.29, 0.717) is 17.5 Å². The van der Waals surface area contributed by atoms with E-state index in [2.05, 4.69) is 162 Å². The molecule has 11 rings (SSSR count). The molecule has 3 heterocycles. The molecule has 0 fully saturated rings. The van der Waals surface area contributed by atoms with Crippen LogP contribution in [0.1, 0.15) is 18.4 Å². The van der Waals surface area contributed by atoms with Crippen LogP contribution in [0.4, 0.5) is 0 Å². The first kappa shape index (κ1) is 32.1. The Morgan fingerprint density at radius 2 is 1.09 bits per heavy atom. The molecule has 0 atom stereocenters. The van der Waals surface area contributed by atoms with Crippen molar-refractivity contribution in [2.45, 2.75) is 12.8 Å². The summed E-state index contributed by atoms with van der Waals surface area (Å²) in [4.78, 5) is 15.4. The zero-order valence-corrected chi connectivity index (χ0v) is 30.4. The lowest BCUT2D eigenvalue weighted by Crippen LogP contribution is -2.03. The van der Waals surface area contributed by atoms with Crippen molar-refractivity contribution in [1.29, 1.82) is 0 Å². The summed E-state index contributed by atoms with van der Waals surface area (Å²) in [5.74, 6) is 1.86. The van der Waals surface area contributed by atoms with Gasteiger partial charge in [-0.1, -0.05) is 152 Å². The molecule has 0 saturated heterocycles. The monoisotopic (exact) mass is 718 g/mol. The molecular formula is C51H34N4O. The fourth-order valence-corrected chi connectivity index (χ4v) is 8.20. The largest absolute Gasteiger partial charge is 0.455 e. The SMILES string of the molecule is C1=CC(c2ccc(-c3nc(-c4ccccc4)nc(-c4ccccc4-n4c5ccccc5c5cc6c(cc54)oc4c(-c5ccccc5)cccc46)n3)cc2)=CCC1. The summed E-state index contributed by atoms with van der Waals surface area (Å²) in [5.41, 5.74) is 12.3. The molecule has 0 N–H and O–H groups in total. The van der Waals surface area contributed by atoms with Gasteiger partial charge in [0.05, 0.1) is 16.7 Å². The summed E-state index contributed by atoms with van der Waals surface area (Å²) >= 11 is 0. The predicted octanol–water partition coefficient (Wildman–Crippen LogP) is 13.3. The molecule has 1 aliphatic rings. The van der Waals surface area contributed by atoms with Gasteiger partial charge in [0.2, 0.25) is 0 Å². The van der Waals surface area contributed by atoms with Crippen LogP contribution in [-0.2, 0) is 0 Å². The third-order valence-electron chi connectivity index (χ3n) is 10.9. The number of benzene rings is 7. The molecule has 0 bridgehead atoms. The first-order chi connectivity index (χ1) is 27.8. The second-order valence-corrected chi connectivity index (χ2v) is 14.3. The lowest BCUT2D eigenvalue weighted by atomic mass is 9.98. The van der Waals surface area contributed by atoms with Gasteiger partial charge in [-0.25, -0.2) is 15.0 Å². The van der Waals surface area contributed by atoms with Crippen molar-refractivity contribution in [3.05, 3.63) is 188 Å². The average Bonchev–Trinajstić information content (AvgIpc) is 3.81. The zero-order chi connectivity index (χ0) is 37.0. The molecular weight excluding hydrogens is 685 g/mol. The minimum absolute atomic E-state index is 0.606. The van der Waals surface area contributed by atoms with Gasteiger partial charge in [-0.2, -0.15) is 0 Å². The fraction of sp³-hybridized carbons (Fsp3) is 0.0392. The third-order valence-corrected chi connectivity index (χ3v) is 10.9. The van der Waals surface area contributed by atoms with E-state index < -0.39 is 0 Å². The molecule has 0 saturated carbocycles. The van der Waals surface area contributed by atoms with Crippen molar-refractivity contribution in [3.63, 3.8) is 0 Å². The Bertz CT molecular complexity index is 3170. The van der Waals surface area contributed by atoms with Crippen molar-refractivity contribution in [1.82, 2.24) is 19.5 Å². The summed E-state index contributed by atoms with van der Waals surface area (Å²) in [6.45, 7) is 0. The van der Waals surface area contributed by atoms with Crippen LogP contribution in [0.25, 0.3) is 100 Å². The van der Waals surface area contributed by atoms with Crippen molar-refractivity contribution in [2.24, 2.45) is 0 Å². The van der Waals surface area contributed by atoms with Gasteiger partial charge in [0.15, 0.2) is 17.5 Å². The van der Waals surface area contributed by atoms with E-state index in [0.717, 1.165) is 90.1 Å². The predicted molar refractivity (Wildman–Crippen MR) is 230 cm³/mol. The lowest BCUT2D eigenvalue weighted by Gasteiger charge is -2.14. The second kappa shape index (κ2) is 13.2. The van der Waals surface area contributed by atoms with Gasteiger partial charge in [-0.15, -0.1) is 0 Å². The number of furan rings is 1. The highest BCUT2D eigenvalue weighted by molar-refractivity contribution is 6.18. The Balaban J connectivity index is 1.12. The number of nitrogens with zero attached hydrogens (tertiary/aromatic N) is 4.